The van der Waals surface area contributed by atoms with Crippen LogP contribution in [0.5, 0.6) is 0 Å². The second-order valence-corrected chi connectivity index (χ2v) is 8.29. The number of anilines is 1. The number of unbranched alkanes of at least 4 members (excludes halogenated alkanes) is 1. The molecule has 2 amide bonds. The fourth-order valence-corrected chi connectivity index (χ4v) is 3.82. The molecule has 0 aliphatic carbocycles. The van der Waals surface area contributed by atoms with Gasteiger partial charge >= 0.3 is 0 Å². The van der Waals surface area contributed by atoms with Gasteiger partial charge in [-0.1, -0.05) is 35.6 Å². The van der Waals surface area contributed by atoms with Crippen LogP contribution in [0, 0.1) is 0 Å². The zero-order valence-electron chi connectivity index (χ0n) is 19.7. The van der Waals surface area contributed by atoms with Crippen LogP contribution in [0.15, 0.2) is 48.7 Å². The molecule has 1 aliphatic rings. The van der Waals surface area contributed by atoms with Crippen molar-refractivity contribution in [3.8, 4) is 0 Å². The Morgan fingerprint density at radius 1 is 1.11 bits per heavy atom. The van der Waals surface area contributed by atoms with E-state index in [-0.39, 0.29) is 18.2 Å². The highest BCUT2D eigenvalue weighted by molar-refractivity contribution is 5.92. The Hall–Kier alpha value is -3.92. The van der Waals surface area contributed by atoms with Crippen molar-refractivity contribution in [3.05, 3.63) is 71.2 Å². The number of rotatable bonds is 10. The van der Waals surface area contributed by atoms with Crippen molar-refractivity contribution in [2.45, 2.75) is 38.6 Å². The highest BCUT2D eigenvalue weighted by Crippen LogP contribution is 2.22. The lowest BCUT2D eigenvalue weighted by Crippen LogP contribution is -2.18. The van der Waals surface area contributed by atoms with E-state index in [1.807, 2.05) is 18.2 Å². The maximum Gasteiger partial charge on any atom is 0.273 e. The van der Waals surface area contributed by atoms with Crippen molar-refractivity contribution in [1.29, 1.82) is 0 Å². The van der Waals surface area contributed by atoms with Gasteiger partial charge in [0, 0.05) is 13.6 Å². The number of ether oxygens (including phenoxy) is 1. The Kier molecular flexibility index (Phi) is 8.29. The maximum absolute atomic E-state index is 12.5. The topological polar surface area (TPSA) is 124 Å². The Balaban J connectivity index is 1.21. The molecule has 3 heterocycles. The van der Waals surface area contributed by atoms with Gasteiger partial charge in [0.15, 0.2) is 11.5 Å². The van der Waals surface area contributed by atoms with Gasteiger partial charge in [-0.2, -0.15) is 5.10 Å². The van der Waals surface area contributed by atoms with Gasteiger partial charge in [0.05, 0.1) is 31.5 Å². The van der Waals surface area contributed by atoms with Crippen molar-refractivity contribution in [3.63, 3.8) is 0 Å². The highest BCUT2D eigenvalue weighted by atomic mass is 16.5. The van der Waals surface area contributed by atoms with Gasteiger partial charge < -0.3 is 15.4 Å². The third-order valence-electron chi connectivity index (χ3n) is 5.68. The van der Waals surface area contributed by atoms with Crippen molar-refractivity contribution in [2.75, 3.05) is 25.6 Å². The van der Waals surface area contributed by atoms with E-state index in [1.165, 1.54) is 5.57 Å². The van der Waals surface area contributed by atoms with Gasteiger partial charge in [-0.3, -0.25) is 14.3 Å². The Morgan fingerprint density at radius 2 is 2.03 bits per heavy atom. The molecular formula is C25H29N7O3. The molecule has 1 aliphatic heterocycles. The largest absolute Gasteiger partial charge is 0.377 e. The average Bonchev–Trinajstić information content (AvgIpc) is 3.37. The van der Waals surface area contributed by atoms with Crippen LogP contribution in [0.1, 0.15) is 46.6 Å². The maximum atomic E-state index is 12.5. The third-order valence-corrected chi connectivity index (χ3v) is 5.68. The van der Waals surface area contributed by atoms with Gasteiger partial charge in [-0.05, 0) is 54.5 Å². The summed E-state index contributed by atoms with van der Waals surface area (Å²) >= 11 is 0. The Bertz CT molecular complexity index is 1190. The van der Waals surface area contributed by atoms with Gasteiger partial charge in [0.1, 0.15) is 0 Å². The molecule has 0 unspecified atom stereocenters. The quantitative estimate of drug-likeness (QED) is 0.432. The van der Waals surface area contributed by atoms with Crippen LogP contribution in [0.25, 0.3) is 5.57 Å². The van der Waals surface area contributed by atoms with Gasteiger partial charge in [0.25, 0.3) is 5.91 Å². The van der Waals surface area contributed by atoms with Crippen molar-refractivity contribution in [1.82, 2.24) is 30.5 Å². The zero-order valence-corrected chi connectivity index (χ0v) is 19.7. The lowest BCUT2D eigenvalue weighted by molar-refractivity contribution is -0.115. The second kappa shape index (κ2) is 12.0. The van der Waals surface area contributed by atoms with E-state index >= 15 is 0 Å². The monoisotopic (exact) mass is 475 g/mol. The molecule has 0 fully saturated rings. The summed E-state index contributed by atoms with van der Waals surface area (Å²) in [6, 6.07) is 11.7. The molecule has 35 heavy (non-hydrogen) atoms. The highest BCUT2D eigenvalue weighted by Gasteiger charge is 2.11. The van der Waals surface area contributed by atoms with Gasteiger partial charge in [-0.15, -0.1) is 10.2 Å². The first-order valence-corrected chi connectivity index (χ1v) is 11.7. The van der Waals surface area contributed by atoms with Gasteiger partial charge in [-0.25, -0.2) is 0 Å². The first-order valence-electron chi connectivity index (χ1n) is 11.7. The minimum absolute atomic E-state index is 0.130. The zero-order chi connectivity index (χ0) is 24.5. The molecule has 2 N–H and O–H groups in total. The third kappa shape index (κ3) is 7.03. The fourth-order valence-electron chi connectivity index (χ4n) is 3.82. The summed E-state index contributed by atoms with van der Waals surface area (Å²) in [6.07, 6.45) is 7.38. The van der Waals surface area contributed by atoms with E-state index < -0.39 is 0 Å². The molecule has 4 rings (SSSR count). The summed E-state index contributed by atoms with van der Waals surface area (Å²) in [5.41, 5.74) is 4.51. The summed E-state index contributed by atoms with van der Waals surface area (Å²) in [5, 5.41) is 21.5. The molecule has 10 heteroatoms. The van der Waals surface area contributed by atoms with Crippen LogP contribution in [-0.2, 0) is 28.9 Å². The standard InChI is InChI=1S/C25H29N7O3/c1-26-25(34)22-17-32(31-29-22)12-3-2-7-21-8-9-23(30-28-21)27-24(33)16-18-5-4-6-20(15-18)19-10-13-35-14-11-19/h4-6,8-10,15,17H,2-3,7,11-14,16H2,1H3,(H,26,34)(H,27,30,33). The number of nitrogens with zero attached hydrogens (tertiary/aromatic N) is 5. The second-order valence-electron chi connectivity index (χ2n) is 8.29. The van der Waals surface area contributed by atoms with Crippen LogP contribution in [-0.4, -0.2) is 57.3 Å². The number of nitrogens with one attached hydrogen (secondary N) is 2. The molecular weight excluding hydrogens is 446 g/mol. The van der Waals surface area contributed by atoms with E-state index in [9.17, 15) is 9.59 Å². The number of aromatic nitrogens is 5. The van der Waals surface area contributed by atoms with Crippen molar-refractivity contribution >= 4 is 23.2 Å². The smallest absolute Gasteiger partial charge is 0.273 e. The molecule has 0 spiro atoms. The first kappa shape index (κ1) is 24.2. The number of amides is 2. The van der Waals surface area contributed by atoms with E-state index in [1.54, 1.807) is 24.0 Å². The Labute approximate surface area is 203 Å². The number of carbonyl (C=O) groups is 2. The lowest BCUT2D eigenvalue weighted by Gasteiger charge is -2.14. The molecule has 0 saturated carbocycles. The van der Waals surface area contributed by atoms with Crippen molar-refractivity contribution in [2.24, 2.45) is 0 Å². The van der Waals surface area contributed by atoms with E-state index in [4.69, 9.17) is 4.74 Å². The molecule has 0 saturated heterocycles. The summed E-state index contributed by atoms with van der Waals surface area (Å²) in [6.45, 7) is 2.03. The molecule has 1 aromatic carbocycles. The molecule has 182 valence electrons. The number of benzene rings is 1. The first-order chi connectivity index (χ1) is 17.1. The Morgan fingerprint density at radius 3 is 2.80 bits per heavy atom. The van der Waals surface area contributed by atoms with Crippen LogP contribution in [0.2, 0.25) is 0 Å². The molecule has 0 atom stereocenters. The van der Waals surface area contributed by atoms with E-state index in [0.29, 0.717) is 24.7 Å². The summed E-state index contributed by atoms with van der Waals surface area (Å²) in [7, 11) is 1.56. The number of hydrogen-bond donors (Lipinski definition) is 2. The predicted octanol–water partition coefficient (Wildman–Crippen LogP) is 2.44. The molecule has 2 aromatic heterocycles. The summed E-state index contributed by atoms with van der Waals surface area (Å²) in [5.74, 6) is 0.0559. The average molecular weight is 476 g/mol. The van der Waals surface area contributed by atoms with Gasteiger partial charge in [0.2, 0.25) is 5.91 Å². The lowest BCUT2D eigenvalue weighted by atomic mass is 9.98. The SMILES string of the molecule is CNC(=O)c1cn(CCCCc2ccc(NC(=O)Cc3cccc(C4=CCOCC4)c3)nn2)nn1. The molecule has 3 aromatic rings. The van der Waals surface area contributed by atoms with Crippen LogP contribution in [0.3, 0.4) is 0 Å². The number of aryl methyl sites for hydroxylation is 2. The van der Waals surface area contributed by atoms with Crippen LogP contribution < -0.4 is 10.6 Å². The van der Waals surface area contributed by atoms with E-state index in [2.05, 4.69) is 49.4 Å². The fraction of sp³-hybridized carbons (Fsp3) is 0.360. The number of hydrogen-bond acceptors (Lipinski definition) is 7. The summed E-state index contributed by atoms with van der Waals surface area (Å²) < 4.78 is 7.03. The predicted molar refractivity (Wildman–Crippen MR) is 131 cm³/mol. The summed E-state index contributed by atoms with van der Waals surface area (Å²) in [4.78, 5) is 24.0. The molecule has 0 bridgehead atoms. The number of carbonyl (C=O) groups excluding carboxylic acids is 2. The normalized spacial score (nSPS) is 13.2. The van der Waals surface area contributed by atoms with Crippen LogP contribution >= 0.6 is 0 Å². The molecule has 10 nitrogen and oxygen atoms in total. The minimum atomic E-state index is -0.250. The van der Waals surface area contributed by atoms with Crippen LogP contribution in [0.4, 0.5) is 5.82 Å². The van der Waals surface area contributed by atoms with Crippen molar-refractivity contribution < 1.29 is 14.3 Å². The molecule has 0 radical (unpaired) electrons. The van der Waals surface area contributed by atoms with E-state index in [0.717, 1.165) is 49.1 Å². The minimum Gasteiger partial charge on any atom is -0.377 e.